The number of hydrogen-bond donors (Lipinski definition) is 1. The van der Waals surface area contributed by atoms with Crippen molar-refractivity contribution in [2.24, 2.45) is 0 Å². The van der Waals surface area contributed by atoms with Crippen LogP contribution in [0.15, 0.2) is 12.1 Å². The van der Waals surface area contributed by atoms with Gasteiger partial charge in [-0.1, -0.05) is 12.8 Å². The fourth-order valence-electron chi connectivity index (χ4n) is 2.66. The molecule has 104 valence electrons. The smallest absolute Gasteiger partial charge is 0.254 e. The first kappa shape index (κ1) is 13.8. The lowest BCUT2D eigenvalue weighted by atomic mass is 10.1. The third-order valence-electron chi connectivity index (χ3n) is 3.69. The van der Waals surface area contributed by atoms with Crippen LogP contribution in [0, 0.1) is 11.6 Å². The van der Waals surface area contributed by atoms with Gasteiger partial charge in [-0.3, -0.25) is 4.79 Å². The minimum Gasteiger partial charge on any atom is -0.394 e. The molecule has 1 saturated carbocycles. The predicted molar refractivity (Wildman–Crippen MR) is 69.7 cm³/mol. The van der Waals surface area contributed by atoms with Gasteiger partial charge in [-0.05, 0) is 31.9 Å². The molecule has 1 aromatic carbocycles. The maximum absolute atomic E-state index is 13.4. The molecule has 1 aromatic rings. The fourth-order valence-corrected chi connectivity index (χ4v) is 2.66. The molecule has 5 heteroatoms. The van der Waals surface area contributed by atoms with Crippen LogP contribution < -0.4 is 5.73 Å². The molecule has 2 rings (SSSR count). The molecular formula is C14H18F2N2O. The second-order valence-electron chi connectivity index (χ2n) is 4.88. The summed E-state index contributed by atoms with van der Waals surface area (Å²) in [5.41, 5.74) is 4.69. The van der Waals surface area contributed by atoms with Crippen molar-refractivity contribution in [2.45, 2.75) is 38.6 Å². The number of nitrogens with zero attached hydrogens (tertiary/aromatic N) is 1. The molecule has 1 aliphatic carbocycles. The second kappa shape index (κ2) is 5.55. The van der Waals surface area contributed by atoms with E-state index in [1.165, 1.54) is 0 Å². The molecule has 1 aliphatic rings. The maximum Gasteiger partial charge on any atom is 0.254 e. The number of carbonyl (C=O) groups is 1. The summed E-state index contributed by atoms with van der Waals surface area (Å²) in [5, 5.41) is 0. The Kier molecular flexibility index (Phi) is 4.02. The first-order valence-corrected chi connectivity index (χ1v) is 6.60. The van der Waals surface area contributed by atoms with E-state index in [2.05, 4.69) is 0 Å². The Morgan fingerprint density at radius 3 is 2.32 bits per heavy atom. The van der Waals surface area contributed by atoms with Crippen molar-refractivity contribution >= 4 is 11.6 Å². The van der Waals surface area contributed by atoms with Gasteiger partial charge in [0, 0.05) is 18.2 Å². The van der Waals surface area contributed by atoms with Crippen LogP contribution in [0.25, 0.3) is 0 Å². The lowest BCUT2D eigenvalue weighted by Gasteiger charge is -2.27. The Labute approximate surface area is 111 Å². The highest BCUT2D eigenvalue weighted by Gasteiger charge is 2.27. The van der Waals surface area contributed by atoms with E-state index in [0.29, 0.717) is 6.54 Å². The van der Waals surface area contributed by atoms with Crippen molar-refractivity contribution in [1.82, 2.24) is 4.90 Å². The number of halogens is 2. The number of nitrogen functional groups attached to an aromatic ring is 1. The van der Waals surface area contributed by atoms with Crippen LogP contribution in [-0.2, 0) is 0 Å². The molecule has 3 nitrogen and oxygen atoms in total. The fraction of sp³-hybridized carbons (Fsp3) is 0.500. The molecule has 0 aromatic heterocycles. The van der Waals surface area contributed by atoms with E-state index in [-0.39, 0.29) is 17.5 Å². The van der Waals surface area contributed by atoms with Gasteiger partial charge in [-0.15, -0.1) is 0 Å². The Hall–Kier alpha value is -1.65. The molecule has 0 saturated heterocycles. The number of rotatable bonds is 3. The van der Waals surface area contributed by atoms with Gasteiger partial charge in [0.2, 0.25) is 0 Å². The van der Waals surface area contributed by atoms with E-state index >= 15 is 0 Å². The summed E-state index contributed by atoms with van der Waals surface area (Å²) in [6.07, 6.45) is 4.11. The van der Waals surface area contributed by atoms with Crippen molar-refractivity contribution in [2.75, 3.05) is 12.3 Å². The van der Waals surface area contributed by atoms with E-state index in [4.69, 9.17) is 5.73 Å². The Morgan fingerprint density at radius 2 is 1.84 bits per heavy atom. The zero-order chi connectivity index (χ0) is 14.0. The summed E-state index contributed by atoms with van der Waals surface area (Å²) in [6, 6.07) is 2.21. The minimum absolute atomic E-state index is 0.0259. The summed E-state index contributed by atoms with van der Waals surface area (Å²) in [4.78, 5) is 14.0. The zero-order valence-corrected chi connectivity index (χ0v) is 11.0. The van der Waals surface area contributed by atoms with Crippen molar-refractivity contribution < 1.29 is 13.6 Å². The third-order valence-corrected chi connectivity index (χ3v) is 3.69. The van der Waals surface area contributed by atoms with E-state index < -0.39 is 17.3 Å². The minimum atomic E-state index is -0.883. The van der Waals surface area contributed by atoms with Crippen LogP contribution in [0.4, 0.5) is 14.5 Å². The van der Waals surface area contributed by atoms with Gasteiger partial charge in [0.15, 0.2) is 0 Å². The van der Waals surface area contributed by atoms with E-state index in [1.807, 2.05) is 6.92 Å². The molecule has 0 aliphatic heterocycles. The summed E-state index contributed by atoms with van der Waals surface area (Å²) >= 11 is 0. The highest BCUT2D eigenvalue weighted by molar-refractivity contribution is 5.94. The molecule has 19 heavy (non-hydrogen) atoms. The molecular weight excluding hydrogens is 250 g/mol. The quantitative estimate of drug-likeness (QED) is 0.857. The number of hydrogen-bond acceptors (Lipinski definition) is 2. The lowest BCUT2D eigenvalue weighted by Crippen LogP contribution is -2.38. The number of benzene rings is 1. The van der Waals surface area contributed by atoms with Gasteiger partial charge in [0.25, 0.3) is 5.91 Å². The van der Waals surface area contributed by atoms with Gasteiger partial charge in [-0.25, -0.2) is 8.78 Å². The SMILES string of the molecule is CCN(C(=O)c1cc(F)c(N)c(F)c1)C1CCCC1. The number of anilines is 1. The van der Waals surface area contributed by atoms with Crippen LogP contribution in [-0.4, -0.2) is 23.4 Å². The lowest BCUT2D eigenvalue weighted by molar-refractivity contribution is 0.0692. The van der Waals surface area contributed by atoms with E-state index in [1.54, 1.807) is 4.90 Å². The van der Waals surface area contributed by atoms with Crippen molar-refractivity contribution in [1.29, 1.82) is 0 Å². The highest BCUT2D eigenvalue weighted by atomic mass is 19.1. The molecule has 0 unspecified atom stereocenters. The first-order chi connectivity index (χ1) is 9.04. The second-order valence-corrected chi connectivity index (χ2v) is 4.88. The predicted octanol–water partition coefficient (Wildman–Crippen LogP) is 2.95. The summed E-state index contributed by atoms with van der Waals surface area (Å²) in [7, 11) is 0. The van der Waals surface area contributed by atoms with Gasteiger partial charge < -0.3 is 10.6 Å². The van der Waals surface area contributed by atoms with Crippen LogP contribution >= 0.6 is 0 Å². The molecule has 0 bridgehead atoms. The first-order valence-electron chi connectivity index (χ1n) is 6.60. The summed E-state index contributed by atoms with van der Waals surface area (Å²) < 4.78 is 26.8. The molecule has 1 fully saturated rings. The summed E-state index contributed by atoms with van der Waals surface area (Å²) in [6.45, 7) is 2.41. The normalized spacial score (nSPS) is 15.7. The molecule has 2 N–H and O–H groups in total. The number of carbonyl (C=O) groups excluding carboxylic acids is 1. The standard InChI is InChI=1S/C14H18F2N2O/c1-2-18(10-5-3-4-6-10)14(19)9-7-11(15)13(17)12(16)8-9/h7-8,10H,2-6,17H2,1H3. The number of amides is 1. The Morgan fingerprint density at radius 1 is 1.32 bits per heavy atom. The monoisotopic (exact) mass is 268 g/mol. The van der Waals surface area contributed by atoms with Crippen LogP contribution in [0.1, 0.15) is 43.0 Å². The highest BCUT2D eigenvalue weighted by Crippen LogP contribution is 2.26. The Bertz CT molecular complexity index is 461. The molecule has 1 amide bonds. The van der Waals surface area contributed by atoms with Gasteiger partial charge >= 0.3 is 0 Å². The van der Waals surface area contributed by atoms with E-state index in [0.717, 1.165) is 37.8 Å². The van der Waals surface area contributed by atoms with Crippen LogP contribution in [0.2, 0.25) is 0 Å². The molecule has 0 heterocycles. The van der Waals surface area contributed by atoms with E-state index in [9.17, 15) is 13.6 Å². The zero-order valence-electron chi connectivity index (χ0n) is 11.0. The molecule has 0 radical (unpaired) electrons. The summed E-state index contributed by atoms with van der Waals surface area (Å²) in [5.74, 6) is -2.09. The van der Waals surface area contributed by atoms with Crippen molar-refractivity contribution in [3.63, 3.8) is 0 Å². The van der Waals surface area contributed by atoms with Gasteiger partial charge in [-0.2, -0.15) is 0 Å². The molecule has 0 spiro atoms. The number of nitrogens with two attached hydrogens (primary N) is 1. The third kappa shape index (κ3) is 2.69. The largest absolute Gasteiger partial charge is 0.394 e. The van der Waals surface area contributed by atoms with Crippen molar-refractivity contribution in [3.05, 3.63) is 29.3 Å². The van der Waals surface area contributed by atoms with Crippen LogP contribution in [0.3, 0.4) is 0 Å². The van der Waals surface area contributed by atoms with Gasteiger partial charge in [0.1, 0.15) is 17.3 Å². The maximum atomic E-state index is 13.4. The average molecular weight is 268 g/mol. The Balaban J connectivity index is 2.26. The van der Waals surface area contributed by atoms with Crippen LogP contribution in [0.5, 0.6) is 0 Å². The molecule has 0 atom stereocenters. The van der Waals surface area contributed by atoms with Crippen molar-refractivity contribution in [3.8, 4) is 0 Å². The topological polar surface area (TPSA) is 46.3 Å². The van der Waals surface area contributed by atoms with Gasteiger partial charge in [0.05, 0.1) is 0 Å². The average Bonchev–Trinajstić information content (AvgIpc) is 2.90.